The lowest BCUT2D eigenvalue weighted by atomic mass is 9.84. The van der Waals surface area contributed by atoms with Crippen LogP contribution in [0.15, 0.2) is 176 Å². The van der Waals surface area contributed by atoms with E-state index in [0.29, 0.717) is 0 Å². The number of aryl methyl sites for hydroxylation is 1. The van der Waals surface area contributed by atoms with E-state index in [1.807, 2.05) is 0 Å². The molecule has 1 heterocycles. The summed E-state index contributed by atoms with van der Waals surface area (Å²) < 4.78 is 0. The molecule has 0 radical (unpaired) electrons. The molecule has 0 saturated heterocycles. The summed E-state index contributed by atoms with van der Waals surface area (Å²) in [5.74, 6) is 0. The van der Waals surface area contributed by atoms with E-state index >= 15 is 0 Å². The Kier molecular flexibility index (Phi) is 8.02. The zero-order valence-corrected chi connectivity index (χ0v) is 33.0. The van der Waals surface area contributed by atoms with Crippen molar-refractivity contribution in [3.05, 3.63) is 204 Å². The third-order valence-corrected chi connectivity index (χ3v) is 12.0. The van der Waals surface area contributed by atoms with Gasteiger partial charge in [0.1, 0.15) is 0 Å². The minimum absolute atomic E-state index is 0.317. The van der Waals surface area contributed by atoms with Crippen molar-refractivity contribution in [2.45, 2.75) is 45.4 Å². The van der Waals surface area contributed by atoms with E-state index in [4.69, 9.17) is 9.97 Å². The quantitative estimate of drug-likeness (QED) is 0.163. The first kappa shape index (κ1) is 34.7. The van der Waals surface area contributed by atoms with Crippen molar-refractivity contribution in [2.24, 2.45) is 0 Å². The maximum Gasteiger partial charge on any atom is 0.0933 e. The minimum Gasteiger partial charge on any atom is -0.311 e. The van der Waals surface area contributed by atoms with Gasteiger partial charge in [-0.1, -0.05) is 130 Å². The third-order valence-electron chi connectivity index (χ3n) is 12.0. The molecule has 0 saturated carbocycles. The van der Waals surface area contributed by atoms with Crippen LogP contribution in [-0.4, -0.2) is 9.97 Å². The molecule has 7 aromatic carbocycles. The van der Waals surface area contributed by atoms with Crippen molar-refractivity contribution in [3.63, 3.8) is 0 Å². The van der Waals surface area contributed by atoms with Crippen LogP contribution in [0.3, 0.4) is 0 Å². The Morgan fingerprint density at radius 3 is 1.23 bits per heavy atom. The van der Waals surface area contributed by atoms with E-state index in [-0.39, 0.29) is 10.8 Å². The average Bonchev–Trinajstić information content (AvgIpc) is 3.60. The second-order valence-corrected chi connectivity index (χ2v) is 16.4. The van der Waals surface area contributed by atoms with Crippen molar-refractivity contribution in [3.8, 4) is 33.6 Å². The Balaban J connectivity index is 1.00. The van der Waals surface area contributed by atoms with Crippen molar-refractivity contribution in [1.82, 2.24) is 9.97 Å². The Bertz CT molecular complexity index is 2730. The van der Waals surface area contributed by atoms with Gasteiger partial charge in [-0.05, 0) is 108 Å². The highest BCUT2D eigenvalue weighted by molar-refractivity contribution is 5.87. The fraction of sp³-hybridized carbons (Fsp3) is 0.132. The molecule has 276 valence electrons. The summed E-state index contributed by atoms with van der Waals surface area (Å²) in [7, 11) is 0. The van der Waals surface area contributed by atoms with Crippen LogP contribution >= 0.6 is 0 Å². The Hall–Kier alpha value is -6.78. The summed E-state index contributed by atoms with van der Waals surface area (Å²) in [5.41, 5.74) is 18.7. The highest BCUT2D eigenvalue weighted by Gasteiger charge is 2.44. The molecule has 1 aromatic heterocycles. The van der Waals surface area contributed by atoms with Crippen LogP contribution in [0.4, 0.5) is 34.1 Å². The van der Waals surface area contributed by atoms with Crippen LogP contribution in [0.1, 0.15) is 55.8 Å². The molecule has 2 aliphatic rings. The van der Waals surface area contributed by atoms with Gasteiger partial charge in [-0.15, -0.1) is 0 Å². The predicted molar refractivity (Wildman–Crippen MR) is 237 cm³/mol. The van der Waals surface area contributed by atoms with Crippen LogP contribution in [0, 0.1) is 6.92 Å². The molecule has 0 N–H and O–H groups in total. The number of fused-ring (bicyclic) bond motifs is 6. The number of hydrogen-bond donors (Lipinski definition) is 0. The first-order valence-corrected chi connectivity index (χ1v) is 19.8. The van der Waals surface area contributed by atoms with Crippen LogP contribution in [0.2, 0.25) is 0 Å². The number of nitrogens with zero attached hydrogens (tertiary/aromatic N) is 4. The molecule has 0 atom stereocenters. The van der Waals surface area contributed by atoms with Gasteiger partial charge in [-0.3, -0.25) is 0 Å². The van der Waals surface area contributed by atoms with Gasteiger partial charge in [0.2, 0.25) is 0 Å². The summed E-state index contributed by atoms with van der Waals surface area (Å²) in [6.07, 6.45) is 0. The van der Waals surface area contributed by atoms with E-state index in [9.17, 15) is 0 Å². The Morgan fingerprint density at radius 2 is 0.737 bits per heavy atom. The largest absolute Gasteiger partial charge is 0.311 e. The van der Waals surface area contributed by atoms with Crippen molar-refractivity contribution >= 4 is 34.1 Å². The van der Waals surface area contributed by atoms with Crippen molar-refractivity contribution in [1.29, 1.82) is 0 Å². The van der Waals surface area contributed by atoms with E-state index in [0.717, 1.165) is 56.9 Å². The molecule has 4 heteroatoms. The first-order valence-electron chi connectivity index (χ1n) is 19.8. The molecule has 0 fully saturated rings. The van der Waals surface area contributed by atoms with Gasteiger partial charge in [0.15, 0.2) is 0 Å². The molecular weight excluding hydrogens is 693 g/mol. The fourth-order valence-corrected chi connectivity index (χ4v) is 8.90. The summed E-state index contributed by atoms with van der Waals surface area (Å²) in [4.78, 5) is 15.7. The molecule has 57 heavy (non-hydrogen) atoms. The standard InChI is InChI=1S/C53H44N4/c1-35-21-26-41(27-22-35)57(40-19-13-8-14-20-40)43-30-32-45-47(34-43)53(4,5)51-49(45)55-50-48(54-51)44-31-25-37(33-46(44)52(50,2)3)36-23-28-42(29-24-36)56(38-15-9-6-10-16-38)39-17-11-7-12-18-39/h6-34H,1-5H3. The van der Waals surface area contributed by atoms with Crippen LogP contribution in [0.5, 0.6) is 0 Å². The smallest absolute Gasteiger partial charge is 0.0933 e. The fourth-order valence-electron chi connectivity index (χ4n) is 8.90. The minimum atomic E-state index is -0.333. The second kappa shape index (κ2) is 13.2. The van der Waals surface area contributed by atoms with Gasteiger partial charge in [0, 0.05) is 56.1 Å². The van der Waals surface area contributed by atoms with E-state index in [1.165, 1.54) is 38.9 Å². The van der Waals surface area contributed by atoms with Crippen LogP contribution in [-0.2, 0) is 10.8 Å². The van der Waals surface area contributed by atoms with Crippen molar-refractivity contribution < 1.29 is 0 Å². The molecule has 0 bridgehead atoms. The van der Waals surface area contributed by atoms with Gasteiger partial charge < -0.3 is 9.80 Å². The highest BCUT2D eigenvalue weighted by atomic mass is 15.1. The monoisotopic (exact) mass is 736 g/mol. The number of hydrogen-bond acceptors (Lipinski definition) is 4. The SMILES string of the molecule is Cc1ccc(N(c2ccccc2)c2ccc3c(c2)C(C)(C)c2nc4c(nc2-3)C(C)(C)c2cc(-c3ccc(N(c5ccccc5)c5ccccc5)cc3)ccc2-4)cc1. The third kappa shape index (κ3) is 5.66. The molecule has 8 aromatic rings. The predicted octanol–water partition coefficient (Wildman–Crippen LogP) is 14.0. The van der Waals surface area contributed by atoms with Gasteiger partial charge in [0.25, 0.3) is 0 Å². The van der Waals surface area contributed by atoms with Gasteiger partial charge in [0.05, 0.1) is 22.8 Å². The average molecular weight is 737 g/mol. The Morgan fingerprint density at radius 1 is 0.368 bits per heavy atom. The molecular formula is C53H44N4. The number of aromatic nitrogens is 2. The lowest BCUT2D eigenvalue weighted by molar-refractivity contribution is 0.617. The first-order chi connectivity index (χ1) is 27.7. The van der Waals surface area contributed by atoms with E-state index in [2.05, 4.69) is 220 Å². The number of anilines is 6. The summed E-state index contributed by atoms with van der Waals surface area (Å²) in [6, 6.07) is 63.1. The molecule has 0 unspecified atom stereocenters. The zero-order chi connectivity index (χ0) is 38.9. The Labute approximate surface area is 335 Å². The van der Waals surface area contributed by atoms with Crippen molar-refractivity contribution in [2.75, 3.05) is 9.80 Å². The summed E-state index contributed by atoms with van der Waals surface area (Å²) in [6.45, 7) is 11.3. The summed E-state index contributed by atoms with van der Waals surface area (Å²) in [5, 5.41) is 0. The molecule has 4 nitrogen and oxygen atoms in total. The maximum absolute atomic E-state index is 5.55. The van der Waals surface area contributed by atoms with E-state index < -0.39 is 0 Å². The number of para-hydroxylation sites is 3. The van der Waals surface area contributed by atoms with E-state index in [1.54, 1.807) is 0 Å². The summed E-state index contributed by atoms with van der Waals surface area (Å²) >= 11 is 0. The van der Waals surface area contributed by atoms with Gasteiger partial charge in [-0.2, -0.15) is 0 Å². The normalized spacial score (nSPS) is 14.0. The molecule has 0 amide bonds. The molecule has 2 aliphatic carbocycles. The highest BCUT2D eigenvalue weighted by Crippen LogP contribution is 2.54. The van der Waals surface area contributed by atoms with Crippen LogP contribution in [0.25, 0.3) is 33.6 Å². The molecule has 0 aliphatic heterocycles. The zero-order valence-electron chi connectivity index (χ0n) is 33.0. The van der Waals surface area contributed by atoms with Crippen LogP contribution < -0.4 is 9.80 Å². The number of benzene rings is 7. The molecule has 10 rings (SSSR count). The topological polar surface area (TPSA) is 32.3 Å². The number of rotatable bonds is 7. The van der Waals surface area contributed by atoms with Gasteiger partial charge in [-0.25, -0.2) is 9.97 Å². The lowest BCUT2D eigenvalue weighted by Gasteiger charge is -2.27. The van der Waals surface area contributed by atoms with Gasteiger partial charge >= 0.3 is 0 Å². The maximum atomic E-state index is 5.55. The second-order valence-electron chi connectivity index (χ2n) is 16.4. The molecule has 0 spiro atoms. The lowest BCUT2D eigenvalue weighted by Crippen LogP contribution is -2.20.